The van der Waals surface area contributed by atoms with E-state index in [1.54, 1.807) is 12.4 Å². The van der Waals surface area contributed by atoms with Crippen molar-refractivity contribution >= 4 is 0 Å². The number of aliphatic hydroxyl groups excluding tert-OH is 1. The third-order valence-corrected chi connectivity index (χ3v) is 3.84. The highest BCUT2D eigenvalue weighted by molar-refractivity contribution is 5.08. The molecular weight excluding hydrogens is 200 g/mol. The van der Waals surface area contributed by atoms with E-state index >= 15 is 0 Å². The molecule has 16 heavy (non-hydrogen) atoms. The van der Waals surface area contributed by atoms with Crippen molar-refractivity contribution in [1.82, 2.24) is 9.97 Å². The van der Waals surface area contributed by atoms with Crippen molar-refractivity contribution < 1.29 is 5.11 Å². The van der Waals surface area contributed by atoms with Crippen LogP contribution in [0, 0.1) is 11.8 Å². The average Bonchev–Trinajstić information content (AvgIpc) is 2.39. The molecule has 0 aliphatic heterocycles. The van der Waals surface area contributed by atoms with Gasteiger partial charge in [-0.3, -0.25) is 0 Å². The molecule has 0 aromatic carbocycles. The molecule has 3 heteroatoms. The van der Waals surface area contributed by atoms with Gasteiger partial charge in [0.2, 0.25) is 0 Å². The molecule has 3 nitrogen and oxygen atoms in total. The lowest BCUT2D eigenvalue weighted by molar-refractivity contribution is 0.0724. The highest BCUT2D eigenvalue weighted by Gasteiger charge is 2.26. The minimum atomic E-state index is -0.376. The second kappa shape index (κ2) is 5.39. The summed E-state index contributed by atoms with van der Waals surface area (Å²) < 4.78 is 0. The Morgan fingerprint density at radius 3 is 2.44 bits per heavy atom. The highest BCUT2D eigenvalue weighted by Crippen LogP contribution is 2.37. The van der Waals surface area contributed by atoms with E-state index in [0.29, 0.717) is 5.92 Å². The standard InChI is InChI=1S/C13H20N2O/c1-2-10-3-5-11(6-4-10)13(16)12-7-14-9-15-8-12/h7-11,13,16H,2-6H2,1H3. The van der Waals surface area contributed by atoms with E-state index in [4.69, 9.17) is 0 Å². The lowest BCUT2D eigenvalue weighted by Crippen LogP contribution is -2.20. The zero-order valence-corrected chi connectivity index (χ0v) is 9.84. The van der Waals surface area contributed by atoms with Crippen molar-refractivity contribution in [3.05, 3.63) is 24.3 Å². The van der Waals surface area contributed by atoms with Gasteiger partial charge in [0.05, 0.1) is 6.10 Å². The highest BCUT2D eigenvalue weighted by atomic mass is 16.3. The Kier molecular flexibility index (Phi) is 3.88. The first-order valence-corrected chi connectivity index (χ1v) is 6.24. The summed E-state index contributed by atoms with van der Waals surface area (Å²) in [5.41, 5.74) is 0.863. The molecule has 2 rings (SSSR count). The maximum atomic E-state index is 10.2. The van der Waals surface area contributed by atoms with Gasteiger partial charge in [-0.25, -0.2) is 9.97 Å². The molecule has 0 bridgehead atoms. The molecule has 0 radical (unpaired) electrons. The first-order chi connectivity index (χ1) is 7.81. The van der Waals surface area contributed by atoms with E-state index in [9.17, 15) is 5.11 Å². The fraction of sp³-hybridized carbons (Fsp3) is 0.692. The molecular formula is C13H20N2O. The monoisotopic (exact) mass is 220 g/mol. The van der Waals surface area contributed by atoms with E-state index in [1.165, 1.54) is 25.6 Å². The number of aliphatic hydroxyl groups is 1. The van der Waals surface area contributed by atoms with Crippen LogP contribution < -0.4 is 0 Å². The fourth-order valence-electron chi connectivity index (χ4n) is 2.65. The molecule has 1 fully saturated rings. The number of rotatable bonds is 3. The van der Waals surface area contributed by atoms with Crippen LogP contribution in [0.3, 0.4) is 0 Å². The lowest BCUT2D eigenvalue weighted by atomic mass is 9.77. The molecule has 0 spiro atoms. The van der Waals surface area contributed by atoms with Crippen LogP contribution in [0.4, 0.5) is 0 Å². The second-order valence-corrected chi connectivity index (χ2v) is 4.81. The smallest absolute Gasteiger partial charge is 0.115 e. The molecule has 1 aliphatic carbocycles. The molecule has 1 heterocycles. The summed E-state index contributed by atoms with van der Waals surface area (Å²) in [4.78, 5) is 7.92. The summed E-state index contributed by atoms with van der Waals surface area (Å²) in [6.07, 6.45) is 10.6. The van der Waals surface area contributed by atoms with Gasteiger partial charge >= 0.3 is 0 Å². The van der Waals surface area contributed by atoms with Crippen LogP contribution in [0.5, 0.6) is 0 Å². The summed E-state index contributed by atoms with van der Waals surface area (Å²) in [6, 6.07) is 0. The van der Waals surface area contributed by atoms with Crippen molar-refractivity contribution in [2.45, 2.75) is 45.1 Å². The summed E-state index contributed by atoms with van der Waals surface area (Å²) in [6.45, 7) is 2.26. The predicted octanol–water partition coefficient (Wildman–Crippen LogP) is 2.73. The van der Waals surface area contributed by atoms with Gasteiger partial charge in [-0.15, -0.1) is 0 Å². The molecule has 1 aromatic rings. The van der Waals surface area contributed by atoms with E-state index in [0.717, 1.165) is 24.3 Å². The van der Waals surface area contributed by atoms with Crippen LogP contribution >= 0.6 is 0 Å². The van der Waals surface area contributed by atoms with Gasteiger partial charge in [0, 0.05) is 18.0 Å². The fourth-order valence-corrected chi connectivity index (χ4v) is 2.65. The van der Waals surface area contributed by atoms with Gasteiger partial charge in [0.25, 0.3) is 0 Å². The van der Waals surface area contributed by atoms with Crippen LogP contribution in [-0.4, -0.2) is 15.1 Å². The Balaban J connectivity index is 1.94. The molecule has 88 valence electrons. The molecule has 1 saturated carbocycles. The first-order valence-electron chi connectivity index (χ1n) is 6.24. The molecule has 1 atom stereocenters. The van der Waals surface area contributed by atoms with Crippen molar-refractivity contribution in [2.75, 3.05) is 0 Å². The van der Waals surface area contributed by atoms with E-state index in [2.05, 4.69) is 16.9 Å². The zero-order valence-electron chi connectivity index (χ0n) is 9.84. The van der Waals surface area contributed by atoms with Crippen LogP contribution in [0.15, 0.2) is 18.7 Å². The third-order valence-electron chi connectivity index (χ3n) is 3.84. The Morgan fingerprint density at radius 2 is 1.88 bits per heavy atom. The summed E-state index contributed by atoms with van der Waals surface area (Å²) >= 11 is 0. The number of hydrogen-bond donors (Lipinski definition) is 1. The normalized spacial score (nSPS) is 27.6. The molecule has 0 amide bonds. The predicted molar refractivity (Wildman–Crippen MR) is 62.7 cm³/mol. The average molecular weight is 220 g/mol. The van der Waals surface area contributed by atoms with Gasteiger partial charge in [-0.2, -0.15) is 0 Å². The van der Waals surface area contributed by atoms with Crippen LogP contribution in [0.2, 0.25) is 0 Å². The third kappa shape index (κ3) is 2.59. The largest absolute Gasteiger partial charge is 0.388 e. The quantitative estimate of drug-likeness (QED) is 0.852. The van der Waals surface area contributed by atoms with Crippen molar-refractivity contribution in [3.63, 3.8) is 0 Å². The molecule has 1 aromatic heterocycles. The Bertz CT molecular complexity index is 307. The Hall–Kier alpha value is -0.960. The minimum Gasteiger partial charge on any atom is -0.388 e. The number of hydrogen-bond acceptors (Lipinski definition) is 3. The second-order valence-electron chi connectivity index (χ2n) is 4.81. The number of aromatic nitrogens is 2. The SMILES string of the molecule is CCC1CCC(C(O)c2cncnc2)CC1. The summed E-state index contributed by atoms with van der Waals surface area (Å²) in [5, 5.41) is 10.2. The van der Waals surface area contributed by atoms with Crippen molar-refractivity contribution in [3.8, 4) is 0 Å². The van der Waals surface area contributed by atoms with Crippen molar-refractivity contribution in [2.24, 2.45) is 11.8 Å². The summed E-state index contributed by atoms with van der Waals surface area (Å²) in [5.74, 6) is 1.27. The molecule has 1 aliphatic rings. The molecule has 0 saturated heterocycles. The van der Waals surface area contributed by atoms with Gasteiger partial charge in [0.1, 0.15) is 6.33 Å². The van der Waals surface area contributed by atoms with E-state index < -0.39 is 0 Å². The molecule has 1 N–H and O–H groups in total. The van der Waals surface area contributed by atoms with Crippen molar-refractivity contribution in [1.29, 1.82) is 0 Å². The molecule has 1 unspecified atom stereocenters. The first kappa shape index (κ1) is 11.5. The summed E-state index contributed by atoms with van der Waals surface area (Å²) in [7, 11) is 0. The van der Waals surface area contributed by atoms with Gasteiger partial charge < -0.3 is 5.11 Å². The Morgan fingerprint density at radius 1 is 1.25 bits per heavy atom. The number of nitrogens with zero attached hydrogens (tertiary/aromatic N) is 2. The Labute approximate surface area is 96.9 Å². The van der Waals surface area contributed by atoms with Gasteiger partial charge in [0.15, 0.2) is 0 Å². The zero-order chi connectivity index (χ0) is 11.4. The topological polar surface area (TPSA) is 46.0 Å². The van der Waals surface area contributed by atoms with Gasteiger partial charge in [-0.1, -0.05) is 26.2 Å². The van der Waals surface area contributed by atoms with E-state index in [-0.39, 0.29) is 6.10 Å². The van der Waals surface area contributed by atoms with Gasteiger partial charge in [-0.05, 0) is 24.7 Å². The minimum absolute atomic E-state index is 0.376. The maximum Gasteiger partial charge on any atom is 0.115 e. The van der Waals surface area contributed by atoms with Crippen LogP contribution in [-0.2, 0) is 0 Å². The lowest BCUT2D eigenvalue weighted by Gasteiger charge is -2.30. The van der Waals surface area contributed by atoms with Crippen LogP contribution in [0.25, 0.3) is 0 Å². The van der Waals surface area contributed by atoms with Crippen LogP contribution in [0.1, 0.15) is 50.7 Å². The van der Waals surface area contributed by atoms with E-state index in [1.807, 2.05) is 0 Å². The maximum absolute atomic E-state index is 10.2.